The molecule has 22 heavy (non-hydrogen) atoms. The minimum absolute atomic E-state index is 0.117. The Morgan fingerprint density at radius 1 is 1.05 bits per heavy atom. The normalized spacial score (nSPS) is 13.0. The summed E-state index contributed by atoms with van der Waals surface area (Å²) in [6.07, 6.45) is 1.40. The number of benzene rings is 2. The Kier molecular flexibility index (Phi) is 4.91. The van der Waals surface area contributed by atoms with Crippen LogP contribution in [0.2, 0.25) is 0 Å². The molecule has 0 aliphatic carbocycles. The zero-order chi connectivity index (χ0) is 16.3. The number of phenols is 2. The standard InChI is InChI=1S/C16H19O5P/c1-2-4-13(11-7-9-12(17)10-8-11)16-14(18)5-3-6-15(16)22(19,20)21/h3,5-10,13,17-18H,2,4H2,1H3,(H2,19,20,21). The van der Waals surface area contributed by atoms with Gasteiger partial charge in [0.15, 0.2) is 0 Å². The molecule has 0 amide bonds. The van der Waals surface area contributed by atoms with Crippen LogP contribution in [0.25, 0.3) is 0 Å². The van der Waals surface area contributed by atoms with Gasteiger partial charge in [0.1, 0.15) is 11.5 Å². The summed E-state index contributed by atoms with van der Waals surface area (Å²) in [4.78, 5) is 19.1. The third-order valence-corrected chi connectivity index (χ3v) is 4.61. The molecule has 0 saturated heterocycles. The second-order valence-electron chi connectivity index (χ2n) is 5.19. The Morgan fingerprint density at radius 3 is 2.23 bits per heavy atom. The minimum Gasteiger partial charge on any atom is -0.508 e. The highest BCUT2D eigenvalue weighted by molar-refractivity contribution is 7.60. The monoisotopic (exact) mass is 322 g/mol. The number of aromatic hydroxyl groups is 2. The van der Waals surface area contributed by atoms with Crippen LogP contribution in [0.4, 0.5) is 0 Å². The number of phenolic OH excluding ortho intramolecular Hbond substituents is 2. The van der Waals surface area contributed by atoms with Gasteiger partial charge in [0.25, 0.3) is 0 Å². The van der Waals surface area contributed by atoms with Gasteiger partial charge < -0.3 is 20.0 Å². The maximum absolute atomic E-state index is 11.7. The highest BCUT2D eigenvalue weighted by Crippen LogP contribution is 2.42. The molecule has 2 aromatic carbocycles. The van der Waals surface area contributed by atoms with Gasteiger partial charge in [0.2, 0.25) is 0 Å². The molecule has 0 radical (unpaired) electrons. The van der Waals surface area contributed by atoms with Crippen LogP contribution in [0.15, 0.2) is 42.5 Å². The van der Waals surface area contributed by atoms with Gasteiger partial charge in [0, 0.05) is 11.5 Å². The molecular formula is C16H19O5P. The van der Waals surface area contributed by atoms with Gasteiger partial charge in [-0.15, -0.1) is 0 Å². The van der Waals surface area contributed by atoms with Crippen LogP contribution >= 0.6 is 7.60 Å². The van der Waals surface area contributed by atoms with Crippen LogP contribution in [-0.4, -0.2) is 20.0 Å². The van der Waals surface area contributed by atoms with Crippen molar-refractivity contribution in [3.8, 4) is 11.5 Å². The third-order valence-electron chi connectivity index (χ3n) is 3.60. The van der Waals surface area contributed by atoms with Gasteiger partial charge in [-0.1, -0.05) is 31.5 Å². The highest BCUT2D eigenvalue weighted by Gasteiger charge is 2.28. The molecule has 0 aliphatic rings. The summed E-state index contributed by atoms with van der Waals surface area (Å²) in [5, 5.41) is 19.4. The van der Waals surface area contributed by atoms with Crippen LogP contribution in [0.5, 0.6) is 11.5 Å². The van der Waals surface area contributed by atoms with Crippen molar-refractivity contribution in [3.05, 3.63) is 53.6 Å². The van der Waals surface area contributed by atoms with Gasteiger partial charge in [-0.3, -0.25) is 4.57 Å². The van der Waals surface area contributed by atoms with Crippen molar-refractivity contribution in [2.24, 2.45) is 0 Å². The Morgan fingerprint density at radius 2 is 1.68 bits per heavy atom. The van der Waals surface area contributed by atoms with E-state index in [1.165, 1.54) is 30.3 Å². The zero-order valence-electron chi connectivity index (χ0n) is 12.2. The molecule has 1 atom stereocenters. The van der Waals surface area contributed by atoms with E-state index in [2.05, 4.69) is 0 Å². The first kappa shape index (κ1) is 16.6. The predicted octanol–water partition coefficient (Wildman–Crippen LogP) is 2.83. The van der Waals surface area contributed by atoms with E-state index in [0.29, 0.717) is 6.42 Å². The van der Waals surface area contributed by atoms with Crippen molar-refractivity contribution < 1.29 is 24.6 Å². The zero-order valence-corrected chi connectivity index (χ0v) is 13.1. The molecule has 5 nitrogen and oxygen atoms in total. The molecule has 0 aromatic heterocycles. The Hall–Kier alpha value is -1.81. The summed E-state index contributed by atoms with van der Waals surface area (Å²) < 4.78 is 11.7. The quantitative estimate of drug-likeness (QED) is 0.635. The average Bonchev–Trinajstić information content (AvgIpc) is 2.45. The van der Waals surface area contributed by atoms with Crippen molar-refractivity contribution in [2.75, 3.05) is 0 Å². The largest absolute Gasteiger partial charge is 0.508 e. The van der Waals surface area contributed by atoms with Gasteiger partial charge in [-0.2, -0.15) is 0 Å². The van der Waals surface area contributed by atoms with Gasteiger partial charge >= 0.3 is 7.60 Å². The lowest BCUT2D eigenvalue weighted by molar-refractivity contribution is 0.386. The van der Waals surface area contributed by atoms with E-state index in [4.69, 9.17) is 0 Å². The summed E-state index contributed by atoms with van der Waals surface area (Å²) in [6.45, 7) is 1.96. The number of rotatable bonds is 5. The van der Waals surface area contributed by atoms with Crippen molar-refractivity contribution in [1.29, 1.82) is 0 Å². The van der Waals surface area contributed by atoms with Crippen molar-refractivity contribution in [2.45, 2.75) is 25.7 Å². The Balaban J connectivity index is 2.63. The highest BCUT2D eigenvalue weighted by atomic mass is 31.2. The predicted molar refractivity (Wildman–Crippen MR) is 84.6 cm³/mol. The molecule has 0 aliphatic heterocycles. The lowest BCUT2D eigenvalue weighted by atomic mass is 9.87. The van der Waals surface area contributed by atoms with E-state index >= 15 is 0 Å². The number of hydrogen-bond acceptors (Lipinski definition) is 3. The molecular weight excluding hydrogens is 303 g/mol. The van der Waals surface area contributed by atoms with Crippen LogP contribution in [0.1, 0.15) is 36.8 Å². The SMILES string of the molecule is CCCC(c1ccc(O)cc1)c1c(O)cccc1P(=O)(O)O. The van der Waals surface area contributed by atoms with Crippen molar-refractivity contribution in [1.82, 2.24) is 0 Å². The van der Waals surface area contributed by atoms with Gasteiger partial charge in [-0.25, -0.2) is 0 Å². The molecule has 0 saturated carbocycles. The minimum atomic E-state index is -4.50. The fraction of sp³-hybridized carbons (Fsp3) is 0.250. The lowest BCUT2D eigenvalue weighted by Gasteiger charge is -2.22. The molecule has 118 valence electrons. The van der Waals surface area contributed by atoms with E-state index in [1.54, 1.807) is 12.1 Å². The van der Waals surface area contributed by atoms with E-state index < -0.39 is 7.60 Å². The molecule has 0 spiro atoms. The first-order chi connectivity index (χ1) is 10.3. The van der Waals surface area contributed by atoms with E-state index in [0.717, 1.165) is 12.0 Å². The Labute approximate surface area is 129 Å². The van der Waals surface area contributed by atoms with Crippen molar-refractivity contribution >= 4 is 12.9 Å². The molecule has 0 bridgehead atoms. The topological polar surface area (TPSA) is 98.0 Å². The average molecular weight is 322 g/mol. The van der Waals surface area contributed by atoms with E-state index in [9.17, 15) is 24.6 Å². The summed E-state index contributed by atoms with van der Waals surface area (Å²) in [6, 6.07) is 10.6. The maximum atomic E-state index is 11.7. The van der Waals surface area contributed by atoms with E-state index in [-0.39, 0.29) is 28.3 Å². The van der Waals surface area contributed by atoms with Gasteiger partial charge in [0.05, 0.1) is 5.30 Å². The molecule has 1 unspecified atom stereocenters. The molecule has 2 rings (SSSR count). The molecule has 2 aromatic rings. The molecule has 6 heteroatoms. The van der Waals surface area contributed by atoms with Gasteiger partial charge in [-0.05, 0) is 36.2 Å². The Bertz CT molecular complexity index is 690. The van der Waals surface area contributed by atoms with Crippen LogP contribution in [0, 0.1) is 0 Å². The van der Waals surface area contributed by atoms with Crippen molar-refractivity contribution in [3.63, 3.8) is 0 Å². The second-order valence-corrected chi connectivity index (χ2v) is 6.76. The fourth-order valence-corrected chi connectivity index (χ4v) is 3.49. The fourth-order valence-electron chi connectivity index (χ4n) is 2.63. The lowest BCUT2D eigenvalue weighted by Crippen LogP contribution is -2.16. The summed E-state index contributed by atoms with van der Waals surface area (Å²) in [5.41, 5.74) is 1.04. The van der Waals surface area contributed by atoms with Crippen LogP contribution < -0.4 is 5.30 Å². The molecule has 0 fully saturated rings. The summed E-state index contributed by atoms with van der Waals surface area (Å²) in [5.74, 6) is -0.367. The smallest absolute Gasteiger partial charge is 0.356 e. The van der Waals surface area contributed by atoms with E-state index in [1.807, 2.05) is 6.92 Å². The first-order valence-electron chi connectivity index (χ1n) is 7.01. The number of hydrogen-bond donors (Lipinski definition) is 4. The van der Waals surface area contributed by atoms with Crippen LogP contribution in [-0.2, 0) is 4.57 Å². The van der Waals surface area contributed by atoms with Crippen LogP contribution in [0.3, 0.4) is 0 Å². The maximum Gasteiger partial charge on any atom is 0.356 e. The summed E-state index contributed by atoms with van der Waals surface area (Å²) >= 11 is 0. The molecule has 4 N–H and O–H groups in total. The third kappa shape index (κ3) is 3.50. The summed E-state index contributed by atoms with van der Waals surface area (Å²) in [7, 11) is -4.50. The molecule has 0 heterocycles. The first-order valence-corrected chi connectivity index (χ1v) is 8.62. The second kappa shape index (κ2) is 6.53.